The molecule has 0 atom stereocenters. The van der Waals surface area contributed by atoms with Crippen molar-refractivity contribution in [1.82, 2.24) is 4.98 Å². The van der Waals surface area contributed by atoms with Gasteiger partial charge in [0.25, 0.3) is 5.91 Å². The third-order valence-corrected chi connectivity index (χ3v) is 4.40. The summed E-state index contributed by atoms with van der Waals surface area (Å²) in [5, 5.41) is 3.00. The van der Waals surface area contributed by atoms with Gasteiger partial charge < -0.3 is 5.32 Å². The zero-order valence-corrected chi connectivity index (χ0v) is 15.4. The van der Waals surface area contributed by atoms with Crippen LogP contribution in [0, 0.1) is 11.6 Å². The Bertz CT molecular complexity index is 954. The number of hydrogen-bond acceptors (Lipinski definition) is 2. The minimum Gasteiger partial charge on any atom is -0.306 e. The van der Waals surface area contributed by atoms with Crippen LogP contribution in [0.15, 0.2) is 54.7 Å². The lowest BCUT2D eigenvalue weighted by molar-refractivity contribution is 0.101. The standard InChI is InChI=1S/C21H17ClF2N2O/c1-2-4-13-7-9-16(22)15(11-13)14-8-10-19(25-12-14)26-21(27)20-17(23)5-3-6-18(20)24/h3,5-12H,2,4H2,1H3,(H,25,26,27). The molecule has 0 aliphatic rings. The zero-order chi connectivity index (χ0) is 19.4. The van der Waals surface area contributed by atoms with Crippen LogP contribution in [0.5, 0.6) is 0 Å². The summed E-state index contributed by atoms with van der Waals surface area (Å²) >= 11 is 6.29. The Labute approximate surface area is 161 Å². The molecule has 138 valence electrons. The number of hydrogen-bond donors (Lipinski definition) is 1. The first-order valence-electron chi connectivity index (χ1n) is 8.49. The van der Waals surface area contributed by atoms with Crippen molar-refractivity contribution < 1.29 is 13.6 Å². The van der Waals surface area contributed by atoms with Gasteiger partial charge in [0.15, 0.2) is 0 Å². The first-order chi connectivity index (χ1) is 13.0. The summed E-state index contributed by atoms with van der Waals surface area (Å²) in [5.41, 5.74) is 2.16. The van der Waals surface area contributed by atoms with E-state index in [9.17, 15) is 13.6 Å². The van der Waals surface area contributed by atoms with Crippen molar-refractivity contribution in [2.45, 2.75) is 19.8 Å². The van der Waals surface area contributed by atoms with Gasteiger partial charge >= 0.3 is 0 Å². The van der Waals surface area contributed by atoms with Gasteiger partial charge in [-0.3, -0.25) is 4.79 Å². The van der Waals surface area contributed by atoms with Crippen molar-refractivity contribution in [3.63, 3.8) is 0 Å². The van der Waals surface area contributed by atoms with Gasteiger partial charge in [-0.15, -0.1) is 0 Å². The molecule has 1 amide bonds. The summed E-state index contributed by atoms with van der Waals surface area (Å²) < 4.78 is 27.4. The number of nitrogens with zero attached hydrogens (tertiary/aromatic N) is 1. The Balaban J connectivity index is 1.82. The van der Waals surface area contributed by atoms with Gasteiger partial charge in [-0.2, -0.15) is 0 Å². The largest absolute Gasteiger partial charge is 0.306 e. The fourth-order valence-corrected chi connectivity index (χ4v) is 2.99. The smallest absolute Gasteiger partial charge is 0.262 e. The number of nitrogens with one attached hydrogen (secondary N) is 1. The number of aryl methyl sites for hydroxylation is 1. The van der Waals surface area contributed by atoms with E-state index < -0.39 is 23.1 Å². The summed E-state index contributed by atoms with van der Waals surface area (Å²) in [6.07, 6.45) is 3.53. The van der Waals surface area contributed by atoms with Gasteiger partial charge in [0, 0.05) is 22.3 Å². The van der Waals surface area contributed by atoms with E-state index >= 15 is 0 Å². The highest BCUT2D eigenvalue weighted by molar-refractivity contribution is 6.33. The van der Waals surface area contributed by atoms with Gasteiger partial charge in [0.2, 0.25) is 0 Å². The summed E-state index contributed by atoms with van der Waals surface area (Å²) in [4.78, 5) is 16.3. The molecule has 1 heterocycles. The quantitative estimate of drug-likeness (QED) is 0.594. The van der Waals surface area contributed by atoms with E-state index in [1.807, 2.05) is 18.2 Å². The Morgan fingerprint density at radius 3 is 2.48 bits per heavy atom. The van der Waals surface area contributed by atoms with Crippen LogP contribution < -0.4 is 5.32 Å². The van der Waals surface area contributed by atoms with E-state index in [1.165, 1.54) is 11.6 Å². The molecule has 27 heavy (non-hydrogen) atoms. The minimum atomic E-state index is -0.927. The molecule has 0 unspecified atom stereocenters. The lowest BCUT2D eigenvalue weighted by Gasteiger charge is -2.09. The lowest BCUT2D eigenvalue weighted by Crippen LogP contribution is -2.16. The second kappa shape index (κ2) is 8.27. The molecule has 3 rings (SSSR count). The van der Waals surface area contributed by atoms with Crippen molar-refractivity contribution >= 4 is 23.3 Å². The molecular formula is C21H17ClF2N2O. The Hall–Kier alpha value is -2.79. The summed E-state index contributed by atoms with van der Waals surface area (Å²) in [7, 11) is 0. The number of anilines is 1. The average molecular weight is 387 g/mol. The number of pyridine rings is 1. The SMILES string of the molecule is CCCc1ccc(Cl)c(-c2ccc(NC(=O)c3c(F)cccc3F)nc2)c1. The number of carbonyl (C=O) groups excluding carboxylic acids is 1. The maximum Gasteiger partial charge on any atom is 0.262 e. The molecule has 0 bridgehead atoms. The number of carbonyl (C=O) groups is 1. The topological polar surface area (TPSA) is 42.0 Å². The van der Waals surface area contributed by atoms with Crippen LogP contribution in [0.3, 0.4) is 0 Å². The Kier molecular flexibility index (Phi) is 5.81. The molecule has 3 aromatic rings. The molecule has 2 aromatic carbocycles. The molecule has 0 saturated carbocycles. The van der Waals surface area contributed by atoms with Gasteiger partial charge in [-0.1, -0.05) is 37.1 Å². The van der Waals surface area contributed by atoms with Crippen LogP contribution in [0.25, 0.3) is 11.1 Å². The third kappa shape index (κ3) is 4.31. The normalized spacial score (nSPS) is 10.7. The first kappa shape index (κ1) is 19.0. The second-order valence-electron chi connectivity index (χ2n) is 6.05. The molecule has 0 aliphatic carbocycles. The fraction of sp³-hybridized carbons (Fsp3) is 0.143. The lowest BCUT2D eigenvalue weighted by atomic mass is 10.0. The molecule has 1 aromatic heterocycles. The van der Waals surface area contributed by atoms with E-state index in [2.05, 4.69) is 17.2 Å². The highest BCUT2D eigenvalue weighted by Gasteiger charge is 2.17. The van der Waals surface area contributed by atoms with E-state index in [0.29, 0.717) is 5.02 Å². The van der Waals surface area contributed by atoms with Gasteiger partial charge in [-0.25, -0.2) is 13.8 Å². The number of rotatable bonds is 5. The van der Waals surface area contributed by atoms with Crippen molar-refractivity contribution in [3.8, 4) is 11.1 Å². The van der Waals surface area contributed by atoms with E-state index in [-0.39, 0.29) is 5.82 Å². The van der Waals surface area contributed by atoms with Crippen molar-refractivity contribution in [2.75, 3.05) is 5.32 Å². The van der Waals surface area contributed by atoms with E-state index in [0.717, 1.165) is 36.1 Å². The molecule has 0 fully saturated rings. The monoisotopic (exact) mass is 386 g/mol. The van der Waals surface area contributed by atoms with Crippen molar-refractivity contribution in [3.05, 3.63) is 82.5 Å². The predicted octanol–water partition coefficient (Wildman–Crippen LogP) is 5.89. The Morgan fingerprint density at radius 2 is 1.85 bits per heavy atom. The predicted molar refractivity (Wildman–Crippen MR) is 103 cm³/mol. The molecule has 1 N–H and O–H groups in total. The molecule has 6 heteroatoms. The number of aromatic nitrogens is 1. The van der Waals surface area contributed by atoms with Gasteiger partial charge in [-0.05, 0) is 48.4 Å². The number of benzene rings is 2. The highest BCUT2D eigenvalue weighted by atomic mass is 35.5. The molecular weight excluding hydrogens is 370 g/mol. The van der Waals surface area contributed by atoms with Crippen LogP contribution in [-0.4, -0.2) is 10.9 Å². The van der Waals surface area contributed by atoms with Crippen molar-refractivity contribution in [1.29, 1.82) is 0 Å². The molecule has 0 spiro atoms. The molecule has 0 radical (unpaired) electrons. The summed E-state index contributed by atoms with van der Waals surface area (Å²) in [5.74, 6) is -2.56. The highest BCUT2D eigenvalue weighted by Crippen LogP contribution is 2.29. The van der Waals surface area contributed by atoms with Crippen LogP contribution >= 0.6 is 11.6 Å². The van der Waals surface area contributed by atoms with Crippen molar-refractivity contribution in [2.24, 2.45) is 0 Å². The van der Waals surface area contributed by atoms with Crippen LogP contribution in [0.1, 0.15) is 29.3 Å². The van der Waals surface area contributed by atoms with Crippen LogP contribution in [0.2, 0.25) is 5.02 Å². The zero-order valence-electron chi connectivity index (χ0n) is 14.6. The average Bonchev–Trinajstić information content (AvgIpc) is 2.64. The maximum absolute atomic E-state index is 13.7. The minimum absolute atomic E-state index is 0.187. The molecule has 0 aliphatic heterocycles. The van der Waals surface area contributed by atoms with E-state index in [1.54, 1.807) is 18.3 Å². The Morgan fingerprint density at radius 1 is 1.11 bits per heavy atom. The number of halogens is 3. The first-order valence-corrected chi connectivity index (χ1v) is 8.87. The van der Waals surface area contributed by atoms with Gasteiger partial charge in [0.1, 0.15) is 23.0 Å². The summed E-state index contributed by atoms with van der Waals surface area (Å²) in [6, 6.07) is 12.4. The molecule has 3 nitrogen and oxygen atoms in total. The summed E-state index contributed by atoms with van der Waals surface area (Å²) in [6.45, 7) is 2.10. The van der Waals surface area contributed by atoms with Crippen LogP contribution in [0.4, 0.5) is 14.6 Å². The van der Waals surface area contributed by atoms with E-state index in [4.69, 9.17) is 11.6 Å². The molecule has 0 saturated heterocycles. The fourth-order valence-electron chi connectivity index (χ4n) is 2.76. The maximum atomic E-state index is 13.7. The second-order valence-corrected chi connectivity index (χ2v) is 6.45. The number of amides is 1. The third-order valence-electron chi connectivity index (χ3n) is 4.08. The van der Waals surface area contributed by atoms with Crippen LogP contribution in [-0.2, 0) is 6.42 Å². The van der Waals surface area contributed by atoms with Gasteiger partial charge in [0.05, 0.1) is 0 Å².